The van der Waals surface area contributed by atoms with Gasteiger partial charge >= 0.3 is 5.97 Å². The second-order valence-corrected chi connectivity index (χ2v) is 30.6. The average Bonchev–Trinajstić information content (AvgIpc) is 0.676. The summed E-state index contributed by atoms with van der Waals surface area (Å²) in [4.78, 5) is 15.3. The van der Waals surface area contributed by atoms with Crippen molar-refractivity contribution in [2.45, 2.75) is 292 Å². The number of allylic oxidation sites excluding steroid dienone is 2. The fourth-order valence-electron chi connectivity index (χ4n) is 18.5. The van der Waals surface area contributed by atoms with Crippen LogP contribution in [0.2, 0.25) is 0 Å². The van der Waals surface area contributed by atoms with Gasteiger partial charge in [-0.15, -0.1) is 0 Å². The summed E-state index contributed by atoms with van der Waals surface area (Å²) in [5.41, 5.74) is -1.23. The average molecular weight is 1320 g/mol. The monoisotopic (exact) mass is 1320 g/mol. The topological polar surface area (TPSA) is 452 Å². The van der Waals surface area contributed by atoms with Gasteiger partial charge in [0.1, 0.15) is 122 Å². The van der Waals surface area contributed by atoms with Crippen molar-refractivity contribution in [1.82, 2.24) is 0 Å². The van der Waals surface area contributed by atoms with Crippen molar-refractivity contribution in [3.8, 4) is 0 Å². The number of carbonyl (C=O) groups is 1. The highest BCUT2D eigenvalue weighted by molar-refractivity contribution is 5.79. The van der Waals surface area contributed by atoms with Crippen LogP contribution in [0.25, 0.3) is 0 Å². The summed E-state index contributed by atoms with van der Waals surface area (Å²) < 4.78 is 70.3. The molecular weight excluding hydrogens is 1220 g/mol. The molecule has 16 N–H and O–H groups in total. The summed E-state index contributed by atoms with van der Waals surface area (Å²) in [5, 5.41) is 173. The van der Waals surface area contributed by atoms with Crippen LogP contribution in [0.1, 0.15) is 120 Å². The van der Waals surface area contributed by atoms with Gasteiger partial charge in [0, 0.05) is 0 Å². The molecule has 6 saturated heterocycles. The number of rotatable bonds is 14. The van der Waals surface area contributed by atoms with Crippen LogP contribution >= 0.6 is 0 Å². The lowest BCUT2D eigenvalue weighted by Crippen LogP contribution is -2.66. The van der Waals surface area contributed by atoms with E-state index in [4.69, 9.17) is 56.8 Å². The molecule has 29 heteroatoms. The van der Waals surface area contributed by atoms with Gasteiger partial charge in [-0.25, -0.2) is 0 Å². The Labute approximate surface area is 534 Å². The molecule has 0 aromatic carbocycles. The minimum absolute atomic E-state index is 0.150. The van der Waals surface area contributed by atoms with Crippen molar-refractivity contribution in [3.05, 3.63) is 11.6 Å². The molecule has 35 atom stereocenters. The third kappa shape index (κ3) is 12.3. The van der Waals surface area contributed by atoms with Crippen LogP contribution in [0.15, 0.2) is 11.6 Å². The third-order valence-corrected chi connectivity index (χ3v) is 24.4. The summed E-state index contributed by atoms with van der Waals surface area (Å²) >= 11 is 0. The molecule has 30 unspecified atom stereocenters. The lowest BCUT2D eigenvalue weighted by atomic mass is 9.33. The van der Waals surface area contributed by atoms with Crippen LogP contribution in [-0.4, -0.2) is 293 Å². The molecule has 4 saturated carbocycles. The van der Waals surface area contributed by atoms with Gasteiger partial charge in [0.05, 0.1) is 50.7 Å². The molecule has 5 aliphatic carbocycles. The van der Waals surface area contributed by atoms with Gasteiger partial charge in [-0.3, -0.25) is 4.79 Å². The van der Waals surface area contributed by atoms with Crippen molar-refractivity contribution in [2.75, 3.05) is 33.0 Å². The van der Waals surface area contributed by atoms with Gasteiger partial charge in [-0.2, -0.15) is 0 Å². The second-order valence-electron chi connectivity index (χ2n) is 30.6. The molecule has 11 aliphatic rings. The molecule has 6 heterocycles. The van der Waals surface area contributed by atoms with Crippen LogP contribution in [0.5, 0.6) is 0 Å². The zero-order valence-electron chi connectivity index (χ0n) is 53.5. The van der Waals surface area contributed by atoms with Crippen LogP contribution in [-0.2, 0) is 61.6 Å². The Morgan fingerprint density at radius 3 is 1.76 bits per heavy atom. The Morgan fingerprint density at radius 1 is 0.522 bits per heavy atom. The molecule has 0 bridgehead atoms. The number of hydrogen-bond donors (Lipinski definition) is 16. The molecule has 6 aliphatic heterocycles. The molecule has 11 rings (SSSR count). The smallest absolute Gasteiger partial charge is 0.315 e. The highest BCUT2D eigenvalue weighted by Crippen LogP contribution is 2.76. The van der Waals surface area contributed by atoms with Crippen molar-refractivity contribution in [3.63, 3.8) is 0 Å². The highest BCUT2D eigenvalue weighted by atomic mass is 16.8. The lowest BCUT2D eigenvalue weighted by molar-refractivity contribution is -0.364. The number of aliphatic hydroxyl groups excluding tert-OH is 16. The number of carbonyl (C=O) groups excluding carboxylic acids is 1. The molecule has 0 aromatic rings. The zero-order valence-corrected chi connectivity index (χ0v) is 53.5. The van der Waals surface area contributed by atoms with Crippen LogP contribution in [0.3, 0.4) is 0 Å². The van der Waals surface area contributed by atoms with E-state index in [1.807, 2.05) is 0 Å². The van der Waals surface area contributed by atoms with Crippen molar-refractivity contribution < 1.29 is 143 Å². The third-order valence-electron chi connectivity index (χ3n) is 24.4. The maximum atomic E-state index is 15.3. The lowest BCUT2D eigenvalue weighted by Gasteiger charge is -2.71. The second kappa shape index (κ2) is 26.7. The molecule has 0 aromatic heterocycles. The maximum absolute atomic E-state index is 15.3. The van der Waals surface area contributed by atoms with Crippen molar-refractivity contribution >= 4 is 5.97 Å². The Balaban J connectivity index is 0.730. The van der Waals surface area contributed by atoms with Crippen molar-refractivity contribution in [1.29, 1.82) is 0 Å². The number of fused-ring (bicyclic) bond motifs is 7. The normalized spacial score (nSPS) is 54.3. The van der Waals surface area contributed by atoms with E-state index in [9.17, 15) is 81.7 Å². The largest absolute Gasteiger partial charge is 0.432 e. The molecule has 528 valence electrons. The van der Waals surface area contributed by atoms with E-state index in [-0.39, 0.29) is 59.2 Å². The van der Waals surface area contributed by atoms with E-state index >= 15 is 4.79 Å². The fraction of sp³-hybridized carbons (Fsp3) is 0.952. The Morgan fingerprint density at radius 2 is 1.08 bits per heavy atom. The van der Waals surface area contributed by atoms with Crippen LogP contribution in [0.4, 0.5) is 0 Å². The van der Waals surface area contributed by atoms with Crippen LogP contribution < -0.4 is 0 Å². The van der Waals surface area contributed by atoms with Gasteiger partial charge in [-0.1, -0.05) is 60.1 Å². The van der Waals surface area contributed by atoms with E-state index in [1.165, 1.54) is 5.57 Å². The predicted molar refractivity (Wildman–Crippen MR) is 309 cm³/mol. The summed E-state index contributed by atoms with van der Waals surface area (Å²) in [7, 11) is 0. The highest BCUT2D eigenvalue weighted by Gasteiger charge is 2.70. The van der Waals surface area contributed by atoms with Crippen molar-refractivity contribution in [2.24, 2.45) is 50.2 Å². The van der Waals surface area contributed by atoms with E-state index in [0.717, 1.165) is 25.7 Å². The standard InChI is InChI=1S/C63H102O29/c1-25-49(90-53-45(76)39(70)32(24-84-53)87-52-44(75)37(68)29(66)22-82-52)41(72)47(78)54(85-25)89-35-12-13-60(6)33(59(35,4)5)11-14-62(8)34(60)10-9-26-27-19-58(2,3)15-17-63(27,18-16-61(26,62)7)57(80)92-56-48(79)42(73)50(30(20-64)86-56)91-55-46(77)40(71)38(69)31(88-55)23-83-51-43(74)36(67)28(65)21-81-51/h9,25,27-56,64-79H,10-24H2,1-8H3/t25?,27?,28?,29?,30?,31?,32?,33?,34?,35-,36?,37?,38?,39?,40?,41?,42?,43?,44?,45?,46?,47?,48?,49?,50?,51?,52?,53?,54?,55?,56?,60-,61+,62+,63-/m0/s1. The number of hydrogen-bond acceptors (Lipinski definition) is 29. The molecular formula is C63H102O29. The number of ether oxygens (including phenoxy) is 12. The van der Waals surface area contributed by atoms with Gasteiger partial charge in [-0.05, 0) is 116 Å². The first kappa shape index (κ1) is 71.4. The van der Waals surface area contributed by atoms with Crippen LogP contribution in [0, 0.1) is 50.2 Å². The Bertz CT molecular complexity index is 2580. The predicted octanol–water partition coefficient (Wildman–Crippen LogP) is -3.44. The van der Waals surface area contributed by atoms with Gasteiger partial charge in [0.25, 0.3) is 0 Å². The van der Waals surface area contributed by atoms with E-state index in [0.29, 0.717) is 38.5 Å². The zero-order chi connectivity index (χ0) is 66.9. The summed E-state index contributed by atoms with van der Waals surface area (Å²) in [6.45, 7) is 15.1. The minimum atomic E-state index is -1.95. The molecule has 0 spiro atoms. The minimum Gasteiger partial charge on any atom is -0.432 e. The van der Waals surface area contributed by atoms with E-state index < -0.39 is 202 Å². The molecule has 0 radical (unpaired) electrons. The van der Waals surface area contributed by atoms with Gasteiger partial charge in [0.2, 0.25) is 6.29 Å². The summed E-state index contributed by atoms with van der Waals surface area (Å²) in [6, 6.07) is 0. The molecule has 29 nitrogen and oxygen atoms in total. The first-order valence-electron chi connectivity index (χ1n) is 32.9. The van der Waals surface area contributed by atoms with Gasteiger partial charge < -0.3 is 139 Å². The van der Waals surface area contributed by atoms with E-state index in [1.54, 1.807) is 6.92 Å². The summed E-state index contributed by atoms with van der Waals surface area (Å²) in [6.07, 6.45) is -33.8. The Kier molecular flexibility index (Phi) is 20.7. The molecule has 92 heavy (non-hydrogen) atoms. The maximum Gasteiger partial charge on any atom is 0.315 e. The quantitative estimate of drug-likeness (QED) is 0.0457. The Hall–Kier alpha value is -1.87. The number of esters is 1. The first-order chi connectivity index (χ1) is 43.1. The SMILES string of the molecule is CC1OC(O[C@H]2CC[C@@]3(C)C(CC[C@]4(C)C3CC=C3C5CC(C)(C)CC[C@]5(C(=O)OC5OC(CO)C(OC6OC(COC7OCC(O)C(O)C7O)C(O)C(O)C6O)C(O)C5O)CC[C@]34C)C2(C)C)C(O)C(O)C1OC1OCC(OC2OCC(O)C(O)C2O)C(O)C1O. The first-order valence-corrected chi connectivity index (χ1v) is 32.9. The van der Waals surface area contributed by atoms with Gasteiger partial charge in [0.15, 0.2) is 31.5 Å². The molecule has 0 amide bonds. The summed E-state index contributed by atoms with van der Waals surface area (Å²) in [5.74, 6) is -0.509. The number of aliphatic hydroxyl groups is 16. The molecule has 10 fully saturated rings. The fourth-order valence-corrected chi connectivity index (χ4v) is 18.5. The van der Waals surface area contributed by atoms with E-state index in [2.05, 4.69) is 54.5 Å².